The Hall–Kier alpha value is 0.610. The van der Waals surface area contributed by atoms with Crippen LogP contribution in [0.1, 0.15) is 12.8 Å². The highest BCUT2D eigenvalue weighted by Crippen LogP contribution is 2.65. The summed E-state index contributed by atoms with van der Waals surface area (Å²) in [5.41, 5.74) is 0. The summed E-state index contributed by atoms with van der Waals surface area (Å²) >= 11 is 0.713. The number of hydrogen-bond donors (Lipinski definition) is 5. The smallest absolute Gasteiger partial charge is 0.323 e. The SMILES string of the molecule is O=P(O)(O)C(SC1CCNCC1)P(=O)(O)O. The summed E-state index contributed by atoms with van der Waals surface area (Å²) in [6.45, 7) is 1.40. The Kier molecular flexibility index (Phi) is 5.04. The Bertz CT molecular complexity index is 299. The van der Waals surface area contributed by atoms with Gasteiger partial charge in [0.2, 0.25) is 4.73 Å². The van der Waals surface area contributed by atoms with Crippen LogP contribution in [0.15, 0.2) is 0 Å². The second-order valence-electron chi connectivity index (χ2n) is 3.59. The normalized spacial score (nSPS) is 20.3. The van der Waals surface area contributed by atoms with Crippen molar-refractivity contribution < 1.29 is 28.7 Å². The first-order chi connectivity index (χ1) is 7.21. The van der Waals surface area contributed by atoms with Crippen molar-refractivity contribution in [2.24, 2.45) is 0 Å². The van der Waals surface area contributed by atoms with Gasteiger partial charge in [0.1, 0.15) is 0 Å². The third-order valence-electron chi connectivity index (χ3n) is 2.18. The van der Waals surface area contributed by atoms with E-state index >= 15 is 0 Å². The van der Waals surface area contributed by atoms with E-state index in [0.29, 0.717) is 37.7 Å². The zero-order valence-corrected chi connectivity index (χ0v) is 11.0. The van der Waals surface area contributed by atoms with E-state index in [-0.39, 0.29) is 5.25 Å². The van der Waals surface area contributed by atoms with Crippen molar-refractivity contribution in [1.29, 1.82) is 0 Å². The number of piperidine rings is 1. The van der Waals surface area contributed by atoms with Crippen molar-refractivity contribution in [2.75, 3.05) is 13.1 Å². The van der Waals surface area contributed by atoms with Crippen molar-refractivity contribution in [1.82, 2.24) is 5.32 Å². The molecule has 0 aromatic carbocycles. The maximum atomic E-state index is 11.0. The number of rotatable bonds is 4. The summed E-state index contributed by atoms with van der Waals surface area (Å²) in [5.74, 6) is 0. The van der Waals surface area contributed by atoms with E-state index in [1.165, 1.54) is 0 Å². The van der Waals surface area contributed by atoms with Gasteiger partial charge in [-0.2, -0.15) is 0 Å². The van der Waals surface area contributed by atoms with Crippen molar-refractivity contribution in [2.45, 2.75) is 22.8 Å². The van der Waals surface area contributed by atoms with Gasteiger partial charge >= 0.3 is 15.2 Å². The molecule has 0 bridgehead atoms. The molecule has 0 unspecified atom stereocenters. The quantitative estimate of drug-likeness (QED) is 0.462. The van der Waals surface area contributed by atoms with Gasteiger partial charge in [0.15, 0.2) is 0 Å². The monoisotopic (exact) mass is 291 g/mol. The van der Waals surface area contributed by atoms with Gasteiger partial charge in [-0.05, 0) is 25.9 Å². The molecule has 0 atom stereocenters. The van der Waals surface area contributed by atoms with Crippen LogP contribution in [0, 0.1) is 0 Å². The minimum absolute atomic E-state index is 0.119. The molecule has 0 aromatic heterocycles. The van der Waals surface area contributed by atoms with E-state index in [1.54, 1.807) is 0 Å². The first-order valence-corrected chi connectivity index (χ1v) is 8.98. The highest BCUT2D eigenvalue weighted by molar-refractivity contribution is 8.12. The lowest BCUT2D eigenvalue weighted by molar-refractivity contribution is 0.352. The summed E-state index contributed by atoms with van der Waals surface area (Å²) < 4.78 is 20.1. The molecular formula is C6H15NO6P2S. The molecular weight excluding hydrogens is 276 g/mol. The van der Waals surface area contributed by atoms with Gasteiger partial charge in [-0.3, -0.25) is 9.13 Å². The van der Waals surface area contributed by atoms with Crippen LogP contribution in [0.4, 0.5) is 0 Å². The van der Waals surface area contributed by atoms with E-state index < -0.39 is 19.9 Å². The Morgan fingerprint density at radius 2 is 1.50 bits per heavy atom. The fourth-order valence-corrected chi connectivity index (χ4v) is 6.18. The summed E-state index contributed by atoms with van der Waals surface area (Å²) in [6.07, 6.45) is 1.31. The second kappa shape index (κ2) is 5.50. The van der Waals surface area contributed by atoms with E-state index in [9.17, 15) is 9.13 Å². The molecule has 1 rings (SSSR count). The molecule has 96 valence electrons. The van der Waals surface area contributed by atoms with Gasteiger partial charge in [0.25, 0.3) is 0 Å². The highest BCUT2D eigenvalue weighted by atomic mass is 32.2. The molecule has 0 aliphatic carbocycles. The number of nitrogens with one attached hydrogen (secondary N) is 1. The molecule has 1 heterocycles. The third kappa shape index (κ3) is 4.47. The molecule has 1 fully saturated rings. The van der Waals surface area contributed by atoms with Gasteiger partial charge in [0.05, 0.1) is 0 Å². The average Bonchev–Trinajstić information content (AvgIpc) is 2.12. The van der Waals surface area contributed by atoms with Gasteiger partial charge < -0.3 is 24.9 Å². The molecule has 1 saturated heterocycles. The van der Waals surface area contributed by atoms with Crippen LogP contribution in [0.3, 0.4) is 0 Å². The maximum absolute atomic E-state index is 11.0. The molecule has 0 radical (unpaired) electrons. The molecule has 1 aliphatic heterocycles. The zero-order chi connectivity index (χ0) is 12.4. The minimum atomic E-state index is -4.78. The molecule has 7 nitrogen and oxygen atoms in total. The fourth-order valence-electron chi connectivity index (χ4n) is 1.46. The lowest BCUT2D eigenvalue weighted by Crippen LogP contribution is -2.30. The Morgan fingerprint density at radius 3 is 1.88 bits per heavy atom. The fraction of sp³-hybridized carbons (Fsp3) is 1.00. The maximum Gasteiger partial charge on any atom is 0.350 e. The molecule has 16 heavy (non-hydrogen) atoms. The molecule has 10 heteroatoms. The van der Waals surface area contributed by atoms with Crippen molar-refractivity contribution >= 4 is 27.0 Å². The van der Waals surface area contributed by atoms with Crippen LogP contribution in [-0.4, -0.2) is 42.6 Å². The summed E-state index contributed by atoms with van der Waals surface area (Å²) in [5, 5.41) is 2.95. The van der Waals surface area contributed by atoms with Gasteiger partial charge in [0, 0.05) is 5.25 Å². The van der Waals surface area contributed by atoms with Crippen LogP contribution in [0.25, 0.3) is 0 Å². The molecule has 1 aliphatic rings. The lowest BCUT2D eigenvalue weighted by Gasteiger charge is -2.27. The van der Waals surface area contributed by atoms with Crippen molar-refractivity contribution in [3.8, 4) is 0 Å². The van der Waals surface area contributed by atoms with Crippen molar-refractivity contribution in [3.05, 3.63) is 0 Å². The highest BCUT2D eigenvalue weighted by Gasteiger charge is 2.45. The number of thioether (sulfide) groups is 1. The van der Waals surface area contributed by atoms with E-state index in [4.69, 9.17) is 19.6 Å². The molecule has 0 saturated carbocycles. The van der Waals surface area contributed by atoms with Gasteiger partial charge in [-0.15, -0.1) is 11.8 Å². The first kappa shape index (κ1) is 14.7. The van der Waals surface area contributed by atoms with Crippen molar-refractivity contribution in [3.63, 3.8) is 0 Å². The van der Waals surface area contributed by atoms with Crippen LogP contribution in [0.5, 0.6) is 0 Å². The summed E-state index contributed by atoms with van der Waals surface area (Å²) in [4.78, 5) is 35.7. The van der Waals surface area contributed by atoms with E-state index in [1.807, 2.05) is 0 Å². The van der Waals surface area contributed by atoms with E-state index in [2.05, 4.69) is 5.32 Å². The number of hydrogen-bond acceptors (Lipinski definition) is 4. The largest absolute Gasteiger partial charge is 0.350 e. The average molecular weight is 291 g/mol. The zero-order valence-electron chi connectivity index (χ0n) is 8.39. The van der Waals surface area contributed by atoms with Crippen LogP contribution in [0.2, 0.25) is 0 Å². The molecule has 5 N–H and O–H groups in total. The molecule has 0 aromatic rings. The lowest BCUT2D eigenvalue weighted by atomic mass is 10.2. The summed E-state index contributed by atoms with van der Waals surface area (Å²) in [7, 11) is -9.57. The Labute approximate surface area is 97.3 Å². The topological polar surface area (TPSA) is 127 Å². The van der Waals surface area contributed by atoms with Crippen LogP contribution >= 0.6 is 27.0 Å². The molecule has 0 amide bonds. The third-order valence-corrected chi connectivity index (χ3v) is 8.61. The second-order valence-corrected chi connectivity index (χ2v) is 9.50. The van der Waals surface area contributed by atoms with Crippen LogP contribution < -0.4 is 5.32 Å². The standard InChI is InChI=1S/C6H15NO6P2S/c8-14(9,10)6(15(11,12)13)16-5-1-3-7-4-2-5/h5-7H,1-4H2,(H2,8,9,10)(H2,11,12,13). The Morgan fingerprint density at radius 1 is 1.06 bits per heavy atom. The molecule has 0 spiro atoms. The predicted octanol–water partition coefficient (Wildman–Crippen LogP) is 0.111. The minimum Gasteiger partial charge on any atom is -0.323 e. The first-order valence-electron chi connectivity index (χ1n) is 4.68. The van der Waals surface area contributed by atoms with Gasteiger partial charge in [-0.25, -0.2) is 0 Å². The van der Waals surface area contributed by atoms with E-state index in [0.717, 1.165) is 0 Å². The van der Waals surface area contributed by atoms with Crippen LogP contribution in [-0.2, 0) is 9.13 Å². The predicted molar refractivity (Wildman–Crippen MR) is 61.4 cm³/mol. The summed E-state index contributed by atoms with van der Waals surface area (Å²) in [6, 6.07) is 0. The van der Waals surface area contributed by atoms with Gasteiger partial charge in [-0.1, -0.05) is 0 Å². The Balaban J connectivity index is 2.71.